The van der Waals surface area contributed by atoms with Gasteiger partial charge in [-0.25, -0.2) is 0 Å². The molecular formula is C14H17ClN2O3. The van der Waals surface area contributed by atoms with Crippen LogP contribution < -0.4 is 10.6 Å². The van der Waals surface area contributed by atoms with Crippen LogP contribution >= 0.6 is 11.6 Å². The van der Waals surface area contributed by atoms with E-state index in [1.165, 1.54) is 0 Å². The number of hydrogen-bond acceptors (Lipinski definition) is 3. The molecule has 5 nitrogen and oxygen atoms in total. The highest BCUT2D eigenvalue weighted by Crippen LogP contribution is 2.20. The summed E-state index contributed by atoms with van der Waals surface area (Å²) in [5.74, 6) is -1.37. The Bertz CT molecular complexity index is 513. The van der Waals surface area contributed by atoms with Gasteiger partial charge in [0.2, 0.25) is 0 Å². The summed E-state index contributed by atoms with van der Waals surface area (Å²) < 4.78 is 5.37. The minimum absolute atomic E-state index is 0.0136. The molecule has 1 aromatic rings. The maximum absolute atomic E-state index is 11.8. The van der Waals surface area contributed by atoms with Crippen LogP contribution in [0.3, 0.4) is 0 Å². The molecule has 0 aliphatic carbocycles. The molecule has 1 aromatic carbocycles. The molecule has 6 heteroatoms. The Morgan fingerprint density at radius 3 is 2.90 bits per heavy atom. The highest BCUT2D eigenvalue weighted by Gasteiger charge is 2.19. The van der Waals surface area contributed by atoms with Gasteiger partial charge in [0, 0.05) is 23.9 Å². The highest BCUT2D eigenvalue weighted by molar-refractivity contribution is 6.40. The molecule has 108 valence electrons. The fourth-order valence-corrected chi connectivity index (χ4v) is 2.17. The minimum atomic E-state index is -0.701. The Morgan fingerprint density at radius 2 is 2.20 bits per heavy atom. The number of aryl methyl sites for hydroxylation is 1. The monoisotopic (exact) mass is 296 g/mol. The van der Waals surface area contributed by atoms with Crippen LogP contribution in [0, 0.1) is 6.92 Å². The molecule has 1 heterocycles. The first-order chi connectivity index (χ1) is 9.56. The summed E-state index contributed by atoms with van der Waals surface area (Å²) in [6.45, 7) is 2.91. The second kappa shape index (κ2) is 6.72. The van der Waals surface area contributed by atoms with E-state index in [4.69, 9.17) is 16.3 Å². The van der Waals surface area contributed by atoms with E-state index in [0.29, 0.717) is 23.9 Å². The molecule has 1 atom stereocenters. The number of amides is 2. The van der Waals surface area contributed by atoms with Gasteiger partial charge < -0.3 is 15.4 Å². The van der Waals surface area contributed by atoms with Crippen molar-refractivity contribution >= 4 is 29.1 Å². The van der Waals surface area contributed by atoms with Crippen LogP contribution in [0.15, 0.2) is 18.2 Å². The lowest BCUT2D eigenvalue weighted by molar-refractivity contribution is -0.136. The van der Waals surface area contributed by atoms with Crippen molar-refractivity contribution < 1.29 is 14.3 Å². The number of carbonyl (C=O) groups is 2. The Kier molecular flexibility index (Phi) is 4.98. The van der Waals surface area contributed by atoms with Gasteiger partial charge in [0.05, 0.1) is 6.10 Å². The van der Waals surface area contributed by atoms with Crippen molar-refractivity contribution in [1.82, 2.24) is 5.32 Å². The second-order valence-corrected chi connectivity index (χ2v) is 5.19. The first-order valence-electron chi connectivity index (χ1n) is 6.53. The number of rotatable bonds is 3. The average molecular weight is 297 g/mol. The predicted octanol–water partition coefficient (Wildman–Crippen LogP) is 1.88. The SMILES string of the molecule is Cc1ccc(Cl)cc1NC(=O)C(=O)NC[C@H]1CCCO1. The summed E-state index contributed by atoms with van der Waals surface area (Å²) in [4.78, 5) is 23.5. The summed E-state index contributed by atoms with van der Waals surface area (Å²) >= 11 is 5.86. The fourth-order valence-electron chi connectivity index (χ4n) is 2.00. The highest BCUT2D eigenvalue weighted by atomic mass is 35.5. The van der Waals surface area contributed by atoms with E-state index >= 15 is 0 Å². The van der Waals surface area contributed by atoms with Crippen molar-refractivity contribution in [2.75, 3.05) is 18.5 Å². The summed E-state index contributed by atoms with van der Waals surface area (Å²) in [6, 6.07) is 5.12. The largest absolute Gasteiger partial charge is 0.376 e. The molecule has 2 N–H and O–H groups in total. The van der Waals surface area contributed by atoms with E-state index in [-0.39, 0.29) is 6.10 Å². The molecule has 1 aliphatic heterocycles. The summed E-state index contributed by atoms with van der Waals surface area (Å²) in [6.07, 6.45) is 1.92. The molecule has 1 saturated heterocycles. The fraction of sp³-hybridized carbons (Fsp3) is 0.429. The molecule has 0 spiro atoms. The maximum Gasteiger partial charge on any atom is 0.313 e. The van der Waals surface area contributed by atoms with E-state index in [9.17, 15) is 9.59 Å². The predicted molar refractivity (Wildman–Crippen MR) is 76.8 cm³/mol. The lowest BCUT2D eigenvalue weighted by Crippen LogP contribution is -2.39. The van der Waals surface area contributed by atoms with Crippen molar-refractivity contribution in [3.8, 4) is 0 Å². The van der Waals surface area contributed by atoms with Crippen molar-refractivity contribution in [3.05, 3.63) is 28.8 Å². The third kappa shape index (κ3) is 3.95. The standard InChI is InChI=1S/C14H17ClN2O3/c1-9-4-5-10(15)7-12(9)17-14(19)13(18)16-8-11-3-2-6-20-11/h4-5,7,11H,2-3,6,8H2,1H3,(H,16,18)(H,17,19)/t11-/m1/s1. The Hall–Kier alpha value is -1.59. The van der Waals surface area contributed by atoms with Gasteiger partial charge in [0.1, 0.15) is 0 Å². The van der Waals surface area contributed by atoms with Crippen molar-refractivity contribution in [2.24, 2.45) is 0 Å². The molecule has 1 aliphatic rings. The number of nitrogens with one attached hydrogen (secondary N) is 2. The first-order valence-corrected chi connectivity index (χ1v) is 6.91. The number of anilines is 1. The zero-order chi connectivity index (χ0) is 14.5. The Morgan fingerprint density at radius 1 is 1.40 bits per heavy atom. The van der Waals surface area contributed by atoms with Crippen LogP contribution in [0.1, 0.15) is 18.4 Å². The summed E-state index contributed by atoms with van der Waals surface area (Å²) in [5.41, 5.74) is 1.38. The van der Waals surface area contributed by atoms with Gasteiger partial charge in [0.25, 0.3) is 0 Å². The van der Waals surface area contributed by atoms with Crippen molar-refractivity contribution in [1.29, 1.82) is 0 Å². The molecule has 0 radical (unpaired) electrons. The zero-order valence-corrected chi connectivity index (χ0v) is 12.0. The normalized spacial score (nSPS) is 17.8. The van der Waals surface area contributed by atoms with Crippen LogP contribution in [0.25, 0.3) is 0 Å². The van der Waals surface area contributed by atoms with Gasteiger partial charge in [-0.2, -0.15) is 0 Å². The molecule has 2 amide bonds. The van der Waals surface area contributed by atoms with Crippen molar-refractivity contribution in [3.63, 3.8) is 0 Å². The smallest absolute Gasteiger partial charge is 0.313 e. The molecule has 1 fully saturated rings. The Labute approximate surface area is 122 Å². The minimum Gasteiger partial charge on any atom is -0.376 e. The summed E-state index contributed by atoms with van der Waals surface area (Å²) in [7, 11) is 0. The molecule has 20 heavy (non-hydrogen) atoms. The maximum atomic E-state index is 11.8. The Balaban J connectivity index is 1.87. The number of carbonyl (C=O) groups excluding carboxylic acids is 2. The lowest BCUT2D eigenvalue weighted by atomic mass is 10.2. The van der Waals surface area contributed by atoms with E-state index < -0.39 is 11.8 Å². The molecule has 0 unspecified atom stereocenters. The van der Waals surface area contributed by atoms with Crippen molar-refractivity contribution in [2.45, 2.75) is 25.9 Å². The van der Waals surface area contributed by atoms with Crippen LogP contribution in [0.5, 0.6) is 0 Å². The van der Waals surface area contributed by atoms with E-state index in [2.05, 4.69) is 10.6 Å². The topological polar surface area (TPSA) is 67.4 Å². The molecule has 0 saturated carbocycles. The van der Waals surface area contributed by atoms with Crippen LogP contribution in [0.2, 0.25) is 5.02 Å². The number of hydrogen-bond donors (Lipinski definition) is 2. The van der Waals surface area contributed by atoms with Gasteiger partial charge in [-0.15, -0.1) is 0 Å². The van der Waals surface area contributed by atoms with Gasteiger partial charge in [-0.1, -0.05) is 17.7 Å². The van der Waals surface area contributed by atoms with E-state index in [1.807, 2.05) is 6.92 Å². The molecule has 0 bridgehead atoms. The van der Waals surface area contributed by atoms with Gasteiger partial charge in [0.15, 0.2) is 0 Å². The van der Waals surface area contributed by atoms with Gasteiger partial charge in [-0.3, -0.25) is 9.59 Å². The average Bonchev–Trinajstić information content (AvgIpc) is 2.93. The third-order valence-corrected chi connectivity index (χ3v) is 3.40. The van der Waals surface area contributed by atoms with E-state index in [1.54, 1.807) is 18.2 Å². The van der Waals surface area contributed by atoms with Crippen LogP contribution in [0.4, 0.5) is 5.69 Å². The molecule has 0 aromatic heterocycles. The van der Waals surface area contributed by atoms with E-state index in [0.717, 1.165) is 18.4 Å². The van der Waals surface area contributed by atoms with Crippen LogP contribution in [-0.2, 0) is 14.3 Å². The molecule has 2 rings (SSSR count). The first kappa shape index (κ1) is 14.8. The number of ether oxygens (including phenoxy) is 1. The summed E-state index contributed by atoms with van der Waals surface area (Å²) in [5, 5.41) is 5.62. The number of halogens is 1. The van der Waals surface area contributed by atoms with Gasteiger partial charge in [-0.05, 0) is 37.5 Å². The second-order valence-electron chi connectivity index (χ2n) is 4.76. The lowest BCUT2D eigenvalue weighted by Gasteiger charge is -2.11. The number of benzene rings is 1. The van der Waals surface area contributed by atoms with Crippen LogP contribution in [-0.4, -0.2) is 31.1 Å². The quantitative estimate of drug-likeness (QED) is 0.837. The van der Waals surface area contributed by atoms with Gasteiger partial charge >= 0.3 is 11.8 Å². The zero-order valence-electron chi connectivity index (χ0n) is 11.2. The molecular weight excluding hydrogens is 280 g/mol. The third-order valence-electron chi connectivity index (χ3n) is 3.17.